The van der Waals surface area contributed by atoms with Crippen molar-refractivity contribution in [2.75, 3.05) is 13.1 Å². The van der Waals surface area contributed by atoms with Crippen LogP contribution in [0.4, 0.5) is 0 Å². The van der Waals surface area contributed by atoms with Gasteiger partial charge in [0.25, 0.3) is 0 Å². The Morgan fingerprint density at radius 2 is 1.00 bits per heavy atom. The molecule has 11 nitrogen and oxygen atoms in total. The largest absolute Gasteiger partial charge is 0.480 e. The van der Waals surface area contributed by atoms with Gasteiger partial charge >= 0.3 is 17.9 Å². The van der Waals surface area contributed by atoms with E-state index < -0.39 is 36.0 Å². The lowest BCUT2D eigenvalue weighted by molar-refractivity contribution is -0.140. The van der Waals surface area contributed by atoms with Crippen LogP contribution in [0.3, 0.4) is 0 Å². The SMILES string of the molecule is CC(C)[C@H](N)C(=O)O.NCCCC[C@H](N)C(=O)O.NCCCC[C@H](N)C(=O)O. The van der Waals surface area contributed by atoms with Gasteiger partial charge < -0.3 is 44.0 Å². The average Bonchev–Trinajstić information content (AvgIpc) is 2.61. The molecule has 168 valence electrons. The van der Waals surface area contributed by atoms with E-state index >= 15 is 0 Å². The molecule has 0 radical (unpaired) electrons. The summed E-state index contributed by atoms with van der Waals surface area (Å²) in [7, 11) is 0. The predicted molar refractivity (Wildman–Crippen MR) is 107 cm³/mol. The van der Waals surface area contributed by atoms with Crippen molar-refractivity contribution >= 4 is 17.9 Å². The summed E-state index contributed by atoms with van der Waals surface area (Å²) in [4.78, 5) is 30.3. The van der Waals surface area contributed by atoms with Gasteiger partial charge in [0.15, 0.2) is 0 Å². The van der Waals surface area contributed by atoms with Crippen LogP contribution in [0.25, 0.3) is 0 Å². The minimum atomic E-state index is -0.933. The quantitative estimate of drug-likeness (QED) is 0.184. The maximum Gasteiger partial charge on any atom is 0.320 e. The Labute approximate surface area is 166 Å². The Morgan fingerprint density at radius 3 is 1.14 bits per heavy atom. The van der Waals surface area contributed by atoms with Crippen LogP contribution in [0.2, 0.25) is 0 Å². The second kappa shape index (κ2) is 20.0. The Bertz CT molecular complexity index is 397. The van der Waals surface area contributed by atoms with E-state index in [0.717, 1.165) is 25.7 Å². The molecule has 0 heterocycles. The highest BCUT2D eigenvalue weighted by Gasteiger charge is 2.14. The van der Waals surface area contributed by atoms with E-state index in [9.17, 15) is 14.4 Å². The summed E-state index contributed by atoms with van der Waals surface area (Å²) in [6.45, 7) is 4.76. The van der Waals surface area contributed by atoms with Gasteiger partial charge in [-0.15, -0.1) is 0 Å². The number of unbranched alkanes of at least 4 members (excludes halogenated alkanes) is 2. The Morgan fingerprint density at radius 1 is 0.679 bits per heavy atom. The standard InChI is InChI=1S/2C6H14N2O2.C5H11NO2/c2*7-4-2-1-3-5(8)6(9)10;1-3(2)4(6)5(7)8/h2*5H,1-4,7-8H2,(H,9,10);3-4H,6H2,1-2H3,(H,7,8)/t2*5-;4-/m000/s1. The van der Waals surface area contributed by atoms with Crippen molar-refractivity contribution in [2.45, 2.75) is 70.5 Å². The molecular formula is C17H39N5O6. The minimum absolute atomic E-state index is 0.0208. The highest BCUT2D eigenvalue weighted by atomic mass is 16.4. The Balaban J connectivity index is -0.000000337. The number of carboxylic acids is 3. The normalized spacial score (nSPS) is 13.3. The summed E-state index contributed by atoms with van der Waals surface area (Å²) in [5.41, 5.74) is 26.0. The first-order valence-corrected chi connectivity index (χ1v) is 9.27. The van der Waals surface area contributed by atoms with Gasteiger partial charge in [0.05, 0.1) is 0 Å². The van der Waals surface area contributed by atoms with Crippen molar-refractivity contribution in [3.05, 3.63) is 0 Å². The molecule has 11 heteroatoms. The zero-order valence-electron chi connectivity index (χ0n) is 16.9. The van der Waals surface area contributed by atoms with E-state index in [4.69, 9.17) is 44.0 Å². The lowest BCUT2D eigenvalue weighted by Crippen LogP contribution is -2.34. The summed E-state index contributed by atoms with van der Waals surface area (Å²) < 4.78 is 0. The number of nitrogens with two attached hydrogens (primary N) is 5. The molecule has 0 aliphatic rings. The fraction of sp³-hybridized carbons (Fsp3) is 0.824. The highest BCUT2D eigenvalue weighted by Crippen LogP contribution is 1.98. The van der Waals surface area contributed by atoms with E-state index in [1.165, 1.54) is 0 Å². The fourth-order valence-corrected chi connectivity index (χ4v) is 1.55. The van der Waals surface area contributed by atoms with Crippen LogP contribution >= 0.6 is 0 Å². The number of carbonyl (C=O) groups is 3. The molecule has 0 amide bonds. The molecule has 13 N–H and O–H groups in total. The van der Waals surface area contributed by atoms with Crippen molar-refractivity contribution < 1.29 is 29.7 Å². The first-order chi connectivity index (χ1) is 12.9. The summed E-state index contributed by atoms with van der Waals surface area (Å²) in [5.74, 6) is -2.78. The van der Waals surface area contributed by atoms with Crippen molar-refractivity contribution in [2.24, 2.45) is 34.6 Å². The Hall–Kier alpha value is -1.79. The third kappa shape index (κ3) is 22.3. The summed E-state index contributed by atoms with van der Waals surface area (Å²) in [6, 6.07) is -2.15. The number of aliphatic carboxylic acids is 3. The van der Waals surface area contributed by atoms with E-state index in [1.807, 2.05) is 0 Å². The van der Waals surface area contributed by atoms with Crippen LogP contribution in [0.5, 0.6) is 0 Å². The van der Waals surface area contributed by atoms with Crippen molar-refractivity contribution in [1.82, 2.24) is 0 Å². The van der Waals surface area contributed by atoms with Crippen molar-refractivity contribution in [3.8, 4) is 0 Å². The van der Waals surface area contributed by atoms with E-state index in [-0.39, 0.29) is 5.92 Å². The maximum absolute atomic E-state index is 10.1. The molecule has 0 aliphatic carbocycles. The van der Waals surface area contributed by atoms with Crippen molar-refractivity contribution in [3.63, 3.8) is 0 Å². The molecule has 0 aliphatic heterocycles. The Kier molecular flexibility index (Phi) is 22.0. The fourth-order valence-electron chi connectivity index (χ4n) is 1.55. The highest BCUT2D eigenvalue weighted by molar-refractivity contribution is 5.73. The lowest BCUT2D eigenvalue weighted by Gasteiger charge is -2.07. The lowest BCUT2D eigenvalue weighted by atomic mass is 10.1. The molecule has 3 atom stereocenters. The third-order valence-corrected chi connectivity index (χ3v) is 3.58. The number of hydrogen-bond donors (Lipinski definition) is 8. The molecule has 0 rings (SSSR count). The molecule has 0 spiro atoms. The van der Waals surface area contributed by atoms with Gasteiger partial charge in [-0.1, -0.05) is 26.7 Å². The average molecular weight is 410 g/mol. The monoisotopic (exact) mass is 409 g/mol. The molecule has 0 aromatic rings. The zero-order chi connectivity index (χ0) is 22.7. The molecule has 0 saturated heterocycles. The van der Waals surface area contributed by atoms with Crippen LogP contribution in [0.15, 0.2) is 0 Å². The smallest absolute Gasteiger partial charge is 0.320 e. The maximum atomic E-state index is 10.1. The molecule has 0 fully saturated rings. The molecule has 0 bridgehead atoms. The first kappa shape index (κ1) is 30.9. The van der Waals surface area contributed by atoms with E-state index in [1.54, 1.807) is 13.8 Å². The minimum Gasteiger partial charge on any atom is -0.480 e. The van der Waals surface area contributed by atoms with Crippen LogP contribution < -0.4 is 28.7 Å². The second-order valence-electron chi connectivity index (χ2n) is 6.57. The van der Waals surface area contributed by atoms with Gasteiger partial charge in [-0.2, -0.15) is 0 Å². The second-order valence-corrected chi connectivity index (χ2v) is 6.57. The molecule has 0 aromatic carbocycles. The third-order valence-electron chi connectivity index (χ3n) is 3.58. The number of hydrogen-bond acceptors (Lipinski definition) is 8. The van der Waals surface area contributed by atoms with Gasteiger partial charge in [0.2, 0.25) is 0 Å². The molecule has 0 unspecified atom stereocenters. The van der Waals surface area contributed by atoms with Gasteiger partial charge in [0.1, 0.15) is 18.1 Å². The topological polar surface area (TPSA) is 242 Å². The van der Waals surface area contributed by atoms with Crippen LogP contribution in [-0.4, -0.2) is 64.4 Å². The molecule has 0 saturated carbocycles. The molecular weight excluding hydrogens is 370 g/mol. The summed E-state index contributed by atoms with van der Waals surface area (Å²) >= 11 is 0. The van der Waals surface area contributed by atoms with Crippen molar-refractivity contribution in [1.29, 1.82) is 0 Å². The number of rotatable bonds is 12. The number of carboxylic acid groups (broad SMARTS) is 3. The van der Waals surface area contributed by atoms with Crippen LogP contribution in [0, 0.1) is 5.92 Å². The van der Waals surface area contributed by atoms with Gasteiger partial charge in [-0.05, 0) is 44.7 Å². The van der Waals surface area contributed by atoms with E-state index in [2.05, 4.69) is 0 Å². The summed E-state index contributed by atoms with van der Waals surface area (Å²) in [5, 5.41) is 24.9. The van der Waals surface area contributed by atoms with E-state index in [0.29, 0.717) is 25.9 Å². The van der Waals surface area contributed by atoms with Gasteiger partial charge in [0, 0.05) is 0 Å². The first-order valence-electron chi connectivity index (χ1n) is 9.27. The zero-order valence-corrected chi connectivity index (χ0v) is 16.9. The predicted octanol–water partition coefficient (Wildman–Crippen LogP) is -0.891. The van der Waals surface area contributed by atoms with Gasteiger partial charge in [-0.3, -0.25) is 14.4 Å². The van der Waals surface area contributed by atoms with Crippen LogP contribution in [0.1, 0.15) is 52.4 Å². The molecule has 0 aromatic heterocycles. The van der Waals surface area contributed by atoms with Crippen LogP contribution in [-0.2, 0) is 14.4 Å². The molecule has 28 heavy (non-hydrogen) atoms. The summed E-state index contributed by atoms with van der Waals surface area (Å²) in [6.07, 6.45) is 4.33. The van der Waals surface area contributed by atoms with Gasteiger partial charge in [-0.25, -0.2) is 0 Å².